The first kappa shape index (κ1) is 13.1. The second kappa shape index (κ2) is 6.52. The molecular formula is C14H18O4. The Bertz CT molecular complexity index is 371. The lowest BCUT2D eigenvalue weighted by Gasteiger charge is -2.19. The maximum absolute atomic E-state index is 11.5. The Morgan fingerprint density at radius 2 is 2.00 bits per heavy atom. The minimum absolute atomic E-state index is 0.0711. The van der Waals surface area contributed by atoms with Crippen LogP contribution in [0.4, 0.5) is 0 Å². The van der Waals surface area contributed by atoms with Gasteiger partial charge >= 0.3 is 5.97 Å². The topological polar surface area (TPSA) is 44.8 Å². The lowest BCUT2D eigenvalue weighted by atomic mass is 9.92. The quantitative estimate of drug-likeness (QED) is 0.751. The summed E-state index contributed by atoms with van der Waals surface area (Å²) < 4.78 is 15.6. The summed E-state index contributed by atoms with van der Waals surface area (Å²) in [6.07, 6.45) is 0.822. The molecule has 98 valence electrons. The van der Waals surface area contributed by atoms with Gasteiger partial charge in [-0.1, -0.05) is 30.3 Å². The van der Waals surface area contributed by atoms with E-state index in [0.717, 1.165) is 5.56 Å². The highest BCUT2D eigenvalue weighted by Crippen LogP contribution is 2.27. The molecule has 18 heavy (non-hydrogen) atoms. The molecule has 1 saturated heterocycles. The molecule has 0 amide bonds. The second-order valence-electron chi connectivity index (χ2n) is 4.29. The molecule has 2 rings (SSSR count). The number of esters is 1. The highest BCUT2D eigenvalue weighted by molar-refractivity contribution is 5.70. The first-order valence-corrected chi connectivity index (χ1v) is 6.14. The second-order valence-corrected chi connectivity index (χ2v) is 4.29. The van der Waals surface area contributed by atoms with Crippen LogP contribution >= 0.6 is 0 Å². The van der Waals surface area contributed by atoms with Gasteiger partial charge in [-0.15, -0.1) is 0 Å². The molecule has 4 nitrogen and oxygen atoms in total. The summed E-state index contributed by atoms with van der Waals surface area (Å²) in [7, 11) is 1.41. The minimum Gasteiger partial charge on any atom is -0.469 e. The van der Waals surface area contributed by atoms with E-state index < -0.39 is 0 Å². The van der Waals surface area contributed by atoms with Gasteiger partial charge in [-0.25, -0.2) is 0 Å². The van der Waals surface area contributed by atoms with Crippen molar-refractivity contribution < 1.29 is 19.0 Å². The SMILES string of the molecule is COC(=O)C[C@H](CC1OCCO1)c1ccccc1. The Balaban J connectivity index is 2.04. The summed E-state index contributed by atoms with van der Waals surface area (Å²) in [4.78, 5) is 11.5. The van der Waals surface area contributed by atoms with Crippen LogP contribution in [0.15, 0.2) is 30.3 Å². The molecular weight excluding hydrogens is 232 g/mol. The van der Waals surface area contributed by atoms with Crippen LogP contribution in [0.3, 0.4) is 0 Å². The zero-order valence-electron chi connectivity index (χ0n) is 10.5. The van der Waals surface area contributed by atoms with Gasteiger partial charge in [-0.05, 0) is 11.5 Å². The predicted molar refractivity (Wildman–Crippen MR) is 66.1 cm³/mol. The van der Waals surface area contributed by atoms with Crippen molar-refractivity contribution in [3.63, 3.8) is 0 Å². The molecule has 0 aliphatic carbocycles. The summed E-state index contributed by atoms with van der Waals surface area (Å²) in [5.41, 5.74) is 1.11. The normalized spacial score (nSPS) is 17.6. The number of rotatable bonds is 5. The highest BCUT2D eigenvalue weighted by Gasteiger charge is 2.24. The molecule has 4 heteroatoms. The number of hydrogen-bond donors (Lipinski definition) is 0. The van der Waals surface area contributed by atoms with Crippen LogP contribution in [0.2, 0.25) is 0 Å². The Morgan fingerprint density at radius 1 is 1.33 bits per heavy atom. The van der Waals surface area contributed by atoms with Crippen LogP contribution in [-0.4, -0.2) is 32.6 Å². The first-order valence-electron chi connectivity index (χ1n) is 6.14. The fraction of sp³-hybridized carbons (Fsp3) is 0.500. The number of carbonyl (C=O) groups is 1. The molecule has 1 atom stereocenters. The zero-order chi connectivity index (χ0) is 12.8. The van der Waals surface area contributed by atoms with E-state index in [1.807, 2.05) is 30.3 Å². The Morgan fingerprint density at radius 3 is 2.61 bits per heavy atom. The van der Waals surface area contributed by atoms with Crippen molar-refractivity contribution in [1.29, 1.82) is 0 Å². The van der Waals surface area contributed by atoms with Crippen LogP contribution in [0, 0.1) is 0 Å². The van der Waals surface area contributed by atoms with Crippen LogP contribution in [0.25, 0.3) is 0 Å². The summed E-state index contributed by atoms with van der Waals surface area (Å²) in [6, 6.07) is 9.93. The van der Waals surface area contributed by atoms with Gasteiger partial charge in [0.15, 0.2) is 6.29 Å². The van der Waals surface area contributed by atoms with E-state index in [9.17, 15) is 4.79 Å². The van der Waals surface area contributed by atoms with Crippen molar-refractivity contribution in [2.45, 2.75) is 25.0 Å². The number of methoxy groups -OCH3 is 1. The molecule has 0 spiro atoms. The molecule has 1 aromatic carbocycles. The van der Waals surface area contributed by atoms with Crippen LogP contribution in [0.1, 0.15) is 24.3 Å². The number of hydrogen-bond acceptors (Lipinski definition) is 4. The van der Waals surface area contributed by atoms with Gasteiger partial charge in [0.25, 0.3) is 0 Å². The Kier molecular flexibility index (Phi) is 4.73. The molecule has 1 aromatic rings. The molecule has 1 aliphatic heterocycles. The monoisotopic (exact) mass is 250 g/mol. The number of carbonyl (C=O) groups excluding carboxylic acids is 1. The fourth-order valence-corrected chi connectivity index (χ4v) is 2.12. The van der Waals surface area contributed by atoms with Crippen LogP contribution in [-0.2, 0) is 19.0 Å². The molecule has 1 fully saturated rings. The van der Waals surface area contributed by atoms with Crippen molar-refractivity contribution in [3.05, 3.63) is 35.9 Å². The molecule has 1 aliphatic rings. The van der Waals surface area contributed by atoms with Gasteiger partial charge in [0.2, 0.25) is 0 Å². The number of benzene rings is 1. The third-order valence-corrected chi connectivity index (χ3v) is 3.08. The summed E-state index contributed by atoms with van der Waals surface area (Å²) in [5.74, 6) is -0.136. The molecule has 0 unspecified atom stereocenters. The van der Waals surface area contributed by atoms with Gasteiger partial charge in [-0.2, -0.15) is 0 Å². The van der Waals surface area contributed by atoms with Gasteiger partial charge in [0, 0.05) is 6.42 Å². The average Bonchev–Trinajstić information content (AvgIpc) is 2.92. The molecule has 0 N–H and O–H groups in total. The smallest absolute Gasteiger partial charge is 0.306 e. The maximum Gasteiger partial charge on any atom is 0.306 e. The van der Waals surface area contributed by atoms with Crippen molar-refractivity contribution in [2.75, 3.05) is 20.3 Å². The number of ether oxygens (including phenoxy) is 3. The van der Waals surface area contributed by atoms with E-state index in [1.165, 1.54) is 7.11 Å². The largest absolute Gasteiger partial charge is 0.469 e. The summed E-state index contributed by atoms with van der Waals surface area (Å²) >= 11 is 0. The minimum atomic E-state index is -0.208. The zero-order valence-corrected chi connectivity index (χ0v) is 10.5. The summed E-state index contributed by atoms with van der Waals surface area (Å²) in [6.45, 7) is 1.26. The maximum atomic E-state index is 11.5. The van der Waals surface area contributed by atoms with Crippen LogP contribution in [0.5, 0.6) is 0 Å². The van der Waals surface area contributed by atoms with Crippen molar-refractivity contribution in [3.8, 4) is 0 Å². The fourth-order valence-electron chi connectivity index (χ4n) is 2.12. The van der Waals surface area contributed by atoms with Crippen molar-refractivity contribution >= 4 is 5.97 Å². The standard InChI is InChI=1S/C14H18O4/c1-16-13(15)9-12(10-14-17-7-8-18-14)11-5-3-2-4-6-11/h2-6,12,14H,7-10H2,1H3/t12-/m1/s1. The third kappa shape index (κ3) is 3.55. The lowest BCUT2D eigenvalue weighted by Crippen LogP contribution is -2.17. The van der Waals surface area contributed by atoms with E-state index in [2.05, 4.69) is 0 Å². The van der Waals surface area contributed by atoms with Gasteiger partial charge in [-0.3, -0.25) is 4.79 Å². The van der Waals surface area contributed by atoms with E-state index in [4.69, 9.17) is 14.2 Å². The van der Waals surface area contributed by atoms with Gasteiger partial charge < -0.3 is 14.2 Å². The van der Waals surface area contributed by atoms with E-state index in [-0.39, 0.29) is 18.2 Å². The molecule has 0 bridgehead atoms. The van der Waals surface area contributed by atoms with Gasteiger partial charge in [0.1, 0.15) is 0 Å². The molecule has 0 aromatic heterocycles. The average molecular weight is 250 g/mol. The van der Waals surface area contributed by atoms with E-state index >= 15 is 0 Å². The Hall–Kier alpha value is -1.39. The highest BCUT2D eigenvalue weighted by atomic mass is 16.7. The van der Waals surface area contributed by atoms with E-state index in [0.29, 0.717) is 26.1 Å². The van der Waals surface area contributed by atoms with Crippen LogP contribution < -0.4 is 0 Å². The van der Waals surface area contributed by atoms with Gasteiger partial charge in [0.05, 0.1) is 26.7 Å². The molecule has 0 radical (unpaired) electrons. The summed E-state index contributed by atoms with van der Waals surface area (Å²) in [5, 5.41) is 0. The third-order valence-electron chi connectivity index (χ3n) is 3.08. The lowest BCUT2D eigenvalue weighted by molar-refractivity contribution is -0.141. The first-order chi connectivity index (χ1) is 8.79. The Labute approximate surface area is 107 Å². The van der Waals surface area contributed by atoms with Crippen molar-refractivity contribution in [1.82, 2.24) is 0 Å². The van der Waals surface area contributed by atoms with E-state index in [1.54, 1.807) is 0 Å². The molecule has 0 saturated carbocycles. The predicted octanol–water partition coefficient (Wildman–Crippen LogP) is 2.10. The van der Waals surface area contributed by atoms with Crippen molar-refractivity contribution in [2.24, 2.45) is 0 Å². The molecule has 1 heterocycles.